The molecule has 1 unspecified atom stereocenters. The number of hydrogen-bond donors (Lipinski definition) is 2. The minimum absolute atomic E-state index is 0.0189. The molecule has 1 aromatic heterocycles. The Morgan fingerprint density at radius 1 is 1.59 bits per heavy atom. The molecular weight excluding hydrogens is 222 g/mol. The second kappa shape index (κ2) is 5.62. The summed E-state index contributed by atoms with van der Waals surface area (Å²) in [7, 11) is 1.69. The first-order valence-corrected chi connectivity index (χ1v) is 5.70. The average Bonchev–Trinajstić information content (AvgIpc) is 2.62. The third kappa shape index (κ3) is 2.94. The summed E-state index contributed by atoms with van der Waals surface area (Å²) in [5, 5.41) is 18.1. The van der Waals surface area contributed by atoms with E-state index in [1.165, 1.54) is 4.68 Å². The van der Waals surface area contributed by atoms with Crippen LogP contribution in [0.5, 0.6) is 0 Å². The van der Waals surface area contributed by atoms with E-state index in [1.54, 1.807) is 7.05 Å². The van der Waals surface area contributed by atoms with Crippen LogP contribution in [0, 0.1) is 10.1 Å². The molecule has 0 aliphatic rings. The summed E-state index contributed by atoms with van der Waals surface area (Å²) in [5.74, 6) is 0.427. The van der Waals surface area contributed by atoms with Crippen molar-refractivity contribution in [1.29, 1.82) is 0 Å². The van der Waals surface area contributed by atoms with Gasteiger partial charge in [-0.1, -0.05) is 13.8 Å². The highest BCUT2D eigenvalue weighted by Gasteiger charge is 2.25. The zero-order chi connectivity index (χ0) is 13.0. The molecule has 0 spiro atoms. The number of aromatic nitrogens is 2. The number of rotatable bonds is 6. The number of nitrogens with one attached hydrogen (secondary N) is 1. The number of aryl methyl sites for hydroxylation is 2. The molecule has 1 rings (SSSR count). The van der Waals surface area contributed by atoms with Gasteiger partial charge in [-0.25, -0.2) is 4.68 Å². The summed E-state index contributed by atoms with van der Waals surface area (Å²) in [4.78, 5) is 10.6. The van der Waals surface area contributed by atoms with Crippen molar-refractivity contribution in [3.8, 4) is 0 Å². The van der Waals surface area contributed by atoms with Gasteiger partial charge in [0.05, 0.1) is 4.92 Å². The molecule has 0 bridgehead atoms. The van der Waals surface area contributed by atoms with E-state index in [4.69, 9.17) is 5.73 Å². The number of nitrogens with zero attached hydrogens (tertiary/aromatic N) is 3. The van der Waals surface area contributed by atoms with Crippen LogP contribution in [-0.4, -0.2) is 27.3 Å². The number of nitrogens with two attached hydrogens (primary N) is 1. The lowest BCUT2D eigenvalue weighted by molar-refractivity contribution is -0.384. The fourth-order valence-corrected chi connectivity index (χ4v) is 1.57. The molecule has 0 fully saturated rings. The third-order valence-electron chi connectivity index (χ3n) is 2.67. The molecule has 3 N–H and O–H groups in total. The van der Waals surface area contributed by atoms with E-state index in [0.29, 0.717) is 24.5 Å². The number of hydrogen-bond acceptors (Lipinski definition) is 5. The predicted molar refractivity (Wildman–Crippen MR) is 66.0 cm³/mol. The highest BCUT2D eigenvalue weighted by atomic mass is 16.6. The van der Waals surface area contributed by atoms with E-state index in [1.807, 2.05) is 13.8 Å². The molecule has 1 heterocycles. The Labute approximate surface area is 100 Å². The van der Waals surface area contributed by atoms with Gasteiger partial charge in [0, 0.05) is 19.6 Å². The van der Waals surface area contributed by atoms with Gasteiger partial charge in [-0.2, -0.15) is 5.10 Å². The van der Waals surface area contributed by atoms with E-state index in [9.17, 15) is 10.1 Å². The first-order valence-electron chi connectivity index (χ1n) is 5.70. The standard InChI is InChI=1S/C10H19N5O2/c1-4-7(11)6-12-10-9(15(16)17)8(5-2)13-14(10)3/h7,12H,4-6,11H2,1-3H3. The normalized spacial score (nSPS) is 12.5. The number of nitro groups is 1. The Morgan fingerprint density at radius 2 is 2.24 bits per heavy atom. The third-order valence-corrected chi connectivity index (χ3v) is 2.67. The van der Waals surface area contributed by atoms with Gasteiger partial charge in [-0.15, -0.1) is 0 Å². The highest BCUT2D eigenvalue weighted by Crippen LogP contribution is 2.28. The average molecular weight is 241 g/mol. The molecular formula is C10H19N5O2. The minimum Gasteiger partial charge on any atom is -0.363 e. The lowest BCUT2D eigenvalue weighted by Crippen LogP contribution is -2.28. The summed E-state index contributed by atoms with van der Waals surface area (Å²) < 4.78 is 1.50. The van der Waals surface area contributed by atoms with Crippen LogP contribution in [0.3, 0.4) is 0 Å². The van der Waals surface area contributed by atoms with Gasteiger partial charge in [0.2, 0.25) is 5.82 Å². The van der Waals surface area contributed by atoms with Crippen molar-refractivity contribution in [1.82, 2.24) is 9.78 Å². The molecule has 0 aliphatic carbocycles. The molecule has 0 aromatic carbocycles. The molecule has 7 heteroatoms. The Kier molecular flexibility index (Phi) is 4.45. The zero-order valence-electron chi connectivity index (χ0n) is 10.4. The second-order valence-corrected chi connectivity index (χ2v) is 3.93. The van der Waals surface area contributed by atoms with E-state index < -0.39 is 4.92 Å². The molecule has 0 saturated heterocycles. The van der Waals surface area contributed by atoms with Gasteiger partial charge >= 0.3 is 5.69 Å². The maximum absolute atomic E-state index is 11.0. The summed E-state index contributed by atoms with van der Waals surface area (Å²) >= 11 is 0. The Morgan fingerprint density at radius 3 is 2.71 bits per heavy atom. The highest BCUT2D eigenvalue weighted by molar-refractivity contribution is 5.59. The van der Waals surface area contributed by atoms with Crippen molar-refractivity contribution in [2.75, 3.05) is 11.9 Å². The molecule has 1 atom stereocenters. The topological polar surface area (TPSA) is 99.0 Å². The Balaban J connectivity index is 2.97. The van der Waals surface area contributed by atoms with Crippen LogP contribution in [0.15, 0.2) is 0 Å². The van der Waals surface area contributed by atoms with Crippen molar-refractivity contribution in [2.45, 2.75) is 32.7 Å². The van der Waals surface area contributed by atoms with Gasteiger partial charge < -0.3 is 11.1 Å². The van der Waals surface area contributed by atoms with Crippen LogP contribution < -0.4 is 11.1 Å². The fraction of sp³-hybridized carbons (Fsp3) is 0.700. The van der Waals surface area contributed by atoms with E-state index >= 15 is 0 Å². The van der Waals surface area contributed by atoms with Crippen LogP contribution >= 0.6 is 0 Å². The Hall–Kier alpha value is -1.63. The predicted octanol–water partition coefficient (Wildman–Crippen LogP) is 1.04. The van der Waals surface area contributed by atoms with Gasteiger partial charge in [-0.3, -0.25) is 10.1 Å². The molecule has 0 aliphatic heterocycles. The monoisotopic (exact) mass is 241 g/mol. The SMILES string of the molecule is CCc1nn(C)c(NCC(N)CC)c1[N+](=O)[O-]. The van der Waals surface area contributed by atoms with Crippen LogP contribution in [0.4, 0.5) is 11.5 Å². The largest absolute Gasteiger partial charge is 0.363 e. The summed E-state index contributed by atoms with van der Waals surface area (Å²) in [5.41, 5.74) is 6.32. The molecule has 7 nitrogen and oxygen atoms in total. The quantitative estimate of drug-likeness (QED) is 0.572. The van der Waals surface area contributed by atoms with E-state index in [0.717, 1.165) is 6.42 Å². The van der Waals surface area contributed by atoms with Crippen LogP contribution in [0.2, 0.25) is 0 Å². The smallest absolute Gasteiger partial charge is 0.333 e. The molecule has 96 valence electrons. The van der Waals surface area contributed by atoms with Crippen molar-refractivity contribution >= 4 is 11.5 Å². The lowest BCUT2D eigenvalue weighted by Gasteiger charge is -2.10. The van der Waals surface area contributed by atoms with Crippen LogP contribution in [-0.2, 0) is 13.5 Å². The Bertz CT molecular complexity index is 402. The summed E-state index contributed by atoms with van der Waals surface area (Å²) in [6.07, 6.45) is 1.35. The van der Waals surface area contributed by atoms with Gasteiger partial charge in [-0.05, 0) is 12.8 Å². The zero-order valence-corrected chi connectivity index (χ0v) is 10.4. The van der Waals surface area contributed by atoms with Crippen molar-refractivity contribution in [3.63, 3.8) is 0 Å². The molecule has 17 heavy (non-hydrogen) atoms. The van der Waals surface area contributed by atoms with Crippen molar-refractivity contribution in [2.24, 2.45) is 12.8 Å². The van der Waals surface area contributed by atoms with Crippen LogP contribution in [0.25, 0.3) is 0 Å². The maximum atomic E-state index is 11.0. The first-order chi connectivity index (χ1) is 8.01. The van der Waals surface area contributed by atoms with E-state index in [2.05, 4.69) is 10.4 Å². The molecule has 0 saturated carbocycles. The molecule has 1 aromatic rings. The maximum Gasteiger partial charge on any atom is 0.333 e. The molecule has 0 amide bonds. The number of anilines is 1. The van der Waals surface area contributed by atoms with Crippen molar-refractivity contribution in [3.05, 3.63) is 15.8 Å². The summed E-state index contributed by atoms with van der Waals surface area (Å²) in [6, 6.07) is -0.0189. The minimum atomic E-state index is -0.397. The summed E-state index contributed by atoms with van der Waals surface area (Å²) in [6.45, 7) is 4.32. The van der Waals surface area contributed by atoms with E-state index in [-0.39, 0.29) is 11.7 Å². The van der Waals surface area contributed by atoms with Crippen molar-refractivity contribution < 1.29 is 4.92 Å². The molecule has 0 radical (unpaired) electrons. The van der Waals surface area contributed by atoms with Gasteiger partial charge in [0.15, 0.2) is 0 Å². The first kappa shape index (κ1) is 13.4. The second-order valence-electron chi connectivity index (χ2n) is 3.93. The fourth-order valence-electron chi connectivity index (χ4n) is 1.57. The van der Waals surface area contributed by atoms with Gasteiger partial charge in [0.1, 0.15) is 5.69 Å². The lowest BCUT2D eigenvalue weighted by atomic mass is 10.2. The van der Waals surface area contributed by atoms with Gasteiger partial charge in [0.25, 0.3) is 0 Å². The van der Waals surface area contributed by atoms with Crippen LogP contribution in [0.1, 0.15) is 26.0 Å².